The third kappa shape index (κ3) is 2.65. The Morgan fingerprint density at radius 1 is 0.920 bits per heavy atom. The van der Waals surface area contributed by atoms with Crippen LogP contribution in [0.3, 0.4) is 0 Å². The van der Waals surface area contributed by atoms with Crippen molar-refractivity contribution in [3.8, 4) is 34.1 Å². The molecule has 0 aromatic heterocycles. The topological polar surface area (TPSA) is 92.8 Å². The van der Waals surface area contributed by atoms with Gasteiger partial charge >= 0.3 is 0 Å². The fourth-order valence-electron chi connectivity index (χ4n) is 3.02. The Bertz CT molecular complexity index is 1010. The second kappa shape index (κ2) is 5.56. The van der Waals surface area contributed by atoms with Gasteiger partial charge in [0.05, 0.1) is 0 Å². The zero-order valence-electron chi connectivity index (χ0n) is 13.2. The van der Waals surface area contributed by atoms with Gasteiger partial charge in [0, 0.05) is 29.8 Å². The van der Waals surface area contributed by atoms with Crippen molar-refractivity contribution in [1.82, 2.24) is 0 Å². The molecule has 0 radical (unpaired) electrons. The first-order valence-corrected chi connectivity index (χ1v) is 7.77. The van der Waals surface area contributed by atoms with E-state index >= 15 is 0 Å². The van der Waals surface area contributed by atoms with Crippen molar-refractivity contribution in [2.45, 2.75) is 6.42 Å². The molecule has 5 heteroatoms. The van der Waals surface area contributed by atoms with Gasteiger partial charge in [0.15, 0.2) is 5.78 Å². The Morgan fingerprint density at radius 2 is 1.72 bits per heavy atom. The van der Waals surface area contributed by atoms with Crippen LogP contribution in [-0.4, -0.2) is 16.0 Å². The van der Waals surface area contributed by atoms with Crippen LogP contribution in [0, 0.1) is 0 Å². The molecule has 1 aliphatic heterocycles. The summed E-state index contributed by atoms with van der Waals surface area (Å²) in [6.45, 7) is 0. The van der Waals surface area contributed by atoms with E-state index in [-0.39, 0.29) is 35.0 Å². The van der Waals surface area contributed by atoms with E-state index in [0.717, 1.165) is 17.2 Å². The number of phenols is 2. The highest BCUT2D eigenvalue weighted by molar-refractivity contribution is 6.03. The van der Waals surface area contributed by atoms with Crippen LogP contribution in [0.25, 0.3) is 11.1 Å². The number of ether oxygens (including phenoxy) is 1. The summed E-state index contributed by atoms with van der Waals surface area (Å²) in [6, 6.07) is 15.5. The number of carbonyl (C=O) groups excluding carboxylic acids is 1. The molecule has 0 aliphatic carbocycles. The van der Waals surface area contributed by atoms with E-state index in [1.807, 2.05) is 42.5 Å². The number of Topliss-reactive ketones (excluding diaryl/α,β-unsaturated/α-hetero) is 1. The first-order valence-electron chi connectivity index (χ1n) is 7.77. The Morgan fingerprint density at radius 3 is 2.52 bits per heavy atom. The third-order valence-corrected chi connectivity index (χ3v) is 4.20. The number of carbonyl (C=O) groups is 1. The molecule has 0 saturated heterocycles. The molecule has 0 fully saturated rings. The maximum Gasteiger partial charge on any atom is 0.174 e. The standard InChI is InChI=1S/C20H15NO4/c21-14-3-1-2-11(6-14)12-4-5-13-7-16(23)20-17(24)9-15(22)10-19(20)25-18(13)8-12/h1-6,8-10,22,24H,7,21H2. The van der Waals surface area contributed by atoms with Crippen molar-refractivity contribution in [1.29, 1.82) is 0 Å². The van der Waals surface area contributed by atoms with E-state index in [9.17, 15) is 15.0 Å². The zero-order chi connectivity index (χ0) is 17.6. The van der Waals surface area contributed by atoms with Crippen LogP contribution in [0.5, 0.6) is 23.0 Å². The van der Waals surface area contributed by atoms with Gasteiger partial charge in [-0.2, -0.15) is 0 Å². The highest BCUT2D eigenvalue weighted by Crippen LogP contribution is 2.41. The molecule has 1 aliphatic rings. The van der Waals surface area contributed by atoms with Crippen LogP contribution in [0.4, 0.5) is 5.69 Å². The van der Waals surface area contributed by atoms with Crippen molar-refractivity contribution in [2.24, 2.45) is 0 Å². The van der Waals surface area contributed by atoms with E-state index in [2.05, 4.69) is 0 Å². The highest BCUT2D eigenvalue weighted by atomic mass is 16.5. The Labute approximate surface area is 143 Å². The Hall–Kier alpha value is -3.47. The maximum atomic E-state index is 12.5. The first kappa shape index (κ1) is 15.1. The summed E-state index contributed by atoms with van der Waals surface area (Å²) in [4.78, 5) is 12.5. The number of benzene rings is 3. The van der Waals surface area contributed by atoms with Crippen LogP contribution in [0.1, 0.15) is 15.9 Å². The summed E-state index contributed by atoms with van der Waals surface area (Å²) in [5.41, 5.74) is 9.12. The lowest BCUT2D eigenvalue weighted by Crippen LogP contribution is -2.02. The van der Waals surface area contributed by atoms with Crippen molar-refractivity contribution in [3.63, 3.8) is 0 Å². The van der Waals surface area contributed by atoms with Crippen LogP contribution in [0.15, 0.2) is 54.6 Å². The molecular formula is C20H15NO4. The molecule has 0 amide bonds. The molecule has 4 rings (SSSR count). The number of anilines is 1. The van der Waals surface area contributed by atoms with Crippen LogP contribution >= 0.6 is 0 Å². The summed E-state index contributed by atoms with van der Waals surface area (Å²) in [5.74, 6) is -0.0608. The van der Waals surface area contributed by atoms with Gasteiger partial charge in [0.2, 0.25) is 0 Å². The molecule has 3 aromatic rings. The van der Waals surface area contributed by atoms with E-state index in [1.54, 1.807) is 0 Å². The summed E-state index contributed by atoms with van der Waals surface area (Å²) in [6.07, 6.45) is 0.109. The third-order valence-electron chi connectivity index (χ3n) is 4.20. The largest absolute Gasteiger partial charge is 0.508 e. The fourth-order valence-corrected chi connectivity index (χ4v) is 3.02. The normalized spacial score (nSPS) is 12.7. The SMILES string of the molecule is Nc1cccc(-c2ccc3c(c2)Oc2cc(O)cc(O)c2C(=O)C3)c1. The minimum absolute atomic E-state index is 0.0829. The first-order chi connectivity index (χ1) is 12.0. The number of ketones is 1. The fraction of sp³-hybridized carbons (Fsp3) is 0.0500. The predicted molar refractivity (Wildman–Crippen MR) is 94.2 cm³/mol. The predicted octanol–water partition coefficient (Wildman–Crippen LogP) is 3.88. The molecule has 5 nitrogen and oxygen atoms in total. The summed E-state index contributed by atoms with van der Waals surface area (Å²) in [7, 11) is 0. The average Bonchev–Trinajstić information content (AvgIpc) is 2.69. The lowest BCUT2D eigenvalue weighted by atomic mass is 9.99. The lowest BCUT2D eigenvalue weighted by molar-refractivity contribution is 0.0991. The lowest BCUT2D eigenvalue weighted by Gasteiger charge is -2.11. The number of hydrogen-bond donors (Lipinski definition) is 3. The number of hydrogen-bond acceptors (Lipinski definition) is 5. The van der Waals surface area contributed by atoms with Gasteiger partial charge in [-0.3, -0.25) is 4.79 Å². The zero-order valence-corrected chi connectivity index (χ0v) is 13.2. The van der Waals surface area contributed by atoms with E-state index in [1.165, 1.54) is 6.07 Å². The molecular weight excluding hydrogens is 318 g/mol. The summed E-state index contributed by atoms with van der Waals surface area (Å²) < 4.78 is 5.85. The molecule has 0 bridgehead atoms. The number of rotatable bonds is 1. The second-order valence-corrected chi connectivity index (χ2v) is 5.99. The number of aromatic hydroxyl groups is 2. The molecule has 1 heterocycles. The number of phenolic OH excluding ortho intramolecular Hbond substituents is 2. The summed E-state index contributed by atoms with van der Waals surface area (Å²) in [5, 5.41) is 19.7. The van der Waals surface area contributed by atoms with E-state index in [4.69, 9.17) is 10.5 Å². The molecule has 124 valence electrons. The van der Waals surface area contributed by atoms with Crippen molar-refractivity contribution < 1.29 is 19.7 Å². The van der Waals surface area contributed by atoms with Gasteiger partial charge in [0.25, 0.3) is 0 Å². The molecule has 4 N–H and O–H groups in total. The Kier molecular flexibility index (Phi) is 3.35. The van der Waals surface area contributed by atoms with E-state index in [0.29, 0.717) is 17.0 Å². The number of nitrogens with two attached hydrogens (primary N) is 1. The van der Waals surface area contributed by atoms with Gasteiger partial charge in [0.1, 0.15) is 28.6 Å². The van der Waals surface area contributed by atoms with Crippen molar-refractivity contribution in [2.75, 3.05) is 5.73 Å². The minimum atomic E-state index is -0.288. The maximum absolute atomic E-state index is 12.5. The minimum Gasteiger partial charge on any atom is -0.508 e. The van der Waals surface area contributed by atoms with Gasteiger partial charge < -0.3 is 20.7 Å². The van der Waals surface area contributed by atoms with Gasteiger partial charge in [-0.1, -0.05) is 24.3 Å². The van der Waals surface area contributed by atoms with Crippen molar-refractivity contribution in [3.05, 3.63) is 65.7 Å². The molecule has 0 spiro atoms. The van der Waals surface area contributed by atoms with Crippen LogP contribution in [-0.2, 0) is 6.42 Å². The van der Waals surface area contributed by atoms with Gasteiger partial charge in [-0.25, -0.2) is 0 Å². The molecule has 0 atom stereocenters. The molecule has 25 heavy (non-hydrogen) atoms. The summed E-state index contributed by atoms with van der Waals surface area (Å²) >= 11 is 0. The monoisotopic (exact) mass is 333 g/mol. The smallest absolute Gasteiger partial charge is 0.174 e. The Balaban J connectivity index is 1.84. The van der Waals surface area contributed by atoms with E-state index < -0.39 is 0 Å². The van der Waals surface area contributed by atoms with Crippen LogP contribution < -0.4 is 10.5 Å². The van der Waals surface area contributed by atoms with Crippen molar-refractivity contribution >= 4 is 11.5 Å². The second-order valence-electron chi connectivity index (χ2n) is 5.99. The quantitative estimate of drug-likeness (QED) is 0.588. The van der Waals surface area contributed by atoms with Gasteiger partial charge in [-0.05, 0) is 29.3 Å². The molecule has 0 saturated carbocycles. The molecule has 0 unspecified atom stereocenters. The number of nitrogen functional groups attached to an aromatic ring is 1. The van der Waals surface area contributed by atoms with Gasteiger partial charge in [-0.15, -0.1) is 0 Å². The number of fused-ring (bicyclic) bond motifs is 2. The van der Waals surface area contributed by atoms with Crippen LogP contribution in [0.2, 0.25) is 0 Å². The highest BCUT2D eigenvalue weighted by Gasteiger charge is 2.25. The molecule has 3 aromatic carbocycles. The average molecular weight is 333 g/mol.